The largest absolute Gasteiger partial charge is 0.600 e. The van der Waals surface area contributed by atoms with Crippen LogP contribution in [-0.2, 0) is 34.8 Å². The number of hydrogen-bond acceptors (Lipinski definition) is 9. The molecule has 0 aromatic heterocycles. The van der Waals surface area contributed by atoms with Crippen LogP contribution in [0, 0.1) is 0 Å². The Kier molecular flexibility index (Phi) is 15.4. The molecule has 1 aliphatic rings. The van der Waals surface area contributed by atoms with Crippen LogP contribution in [0.15, 0.2) is 36.2 Å². The number of rotatable bonds is 21. The lowest BCUT2D eigenvalue weighted by atomic mass is 10.0. The van der Waals surface area contributed by atoms with E-state index in [0.717, 1.165) is 12.8 Å². The van der Waals surface area contributed by atoms with Crippen LogP contribution < -0.4 is 4.89 Å². The van der Waals surface area contributed by atoms with Crippen molar-refractivity contribution in [3.63, 3.8) is 0 Å². The minimum atomic E-state index is -4.43. The molecule has 1 aromatic carbocycles. The van der Waals surface area contributed by atoms with E-state index in [9.17, 15) is 4.57 Å². The van der Waals surface area contributed by atoms with Crippen molar-refractivity contribution in [1.29, 1.82) is 0 Å². The van der Waals surface area contributed by atoms with Crippen molar-refractivity contribution in [1.82, 2.24) is 0 Å². The second-order valence-electron chi connectivity index (χ2n) is 9.23. The number of unbranched alkanes of at least 4 members (excludes halogenated alkanes) is 15. The first kappa shape index (κ1) is 30.3. The Morgan fingerprint density at radius 2 is 1.22 bits per heavy atom. The average molecular weight is 531 g/mol. The van der Waals surface area contributed by atoms with Gasteiger partial charge in [-0.15, -0.1) is 0 Å². The summed E-state index contributed by atoms with van der Waals surface area (Å²) in [7, 11) is -4.43. The summed E-state index contributed by atoms with van der Waals surface area (Å²) >= 11 is 0. The van der Waals surface area contributed by atoms with Crippen molar-refractivity contribution >= 4 is 7.82 Å². The van der Waals surface area contributed by atoms with Crippen molar-refractivity contribution in [3.05, 3.63) is 41.7 Å². The van der Waals surface area contributed by atoms with Crippen LogP contribution >= 0.6 is 7.82 Å². The van der Waals surface area contributed by atoms with Gasteiger partial charge < -0.3 is 19.6 Å². The van der Waals surface area contributed by atoms with Gasteiger partial charge in [0.2, 0.25) is 0 Å². The van der Waals surface area contributed by atoms with E-state index >= 15 is 0 Å². The predicted octanol–water partition coefficient (Wildman–Crippen LogP) is 9.06. The molecule has 1 heterocycles. The number of benzene rings is 1. The van der Waals surface area contributed by atoms with Crippen LogP contribution in [0.2, 0.25) is 0 Å². The van der Waals surface area contributed by atoms with E-state index in [1.807, 2.05) is 12.1 Å². The van der Waals surface area contributed by atoms with Crippen molar-refractivity contribution in [2.24, 2.45) is 0 Å². The Balaban J connectivity index is 1.40. The Hall–Kier alpha value is -1.93. The van der Waals surface area contributed by atoms with Crippen molar-refractivity contribution < 1.29 is 43.5 Å². The molecule has 1 aliphatic heterocycles. The molecule has 0 bridgehead atoms. The zero-order valence-electron chi connectivity index (χ0n) is 21.5. The highest BCUT2D eigenvalue weighted by atomic mass is 31.2. The van der Waals surface area contributed by atoms with Gasteiger partial charge in [-0.1, -0.05) is 125 Å². The minimum absolute atomic E-state index is 0.304. The molecule has 0 fully saturated rings. The van der Waals surface area contributed by atoms with Gasteiger partial charge in [-0.2, -0.15) is 0 Å². The highest BCUT2D eigenvalue weighted by Gasteiger charge is 2.41. The first-order chi connectivity index (χ1) is 17.5. The SMILES string of the molecule is CCCCCCCCCCCCCCCCCCc1ccc(OOOP2(=O)OOC(O)=C(O)O2)cc1. The third-order valence-corrected chi connectivity index (χ3v) is 6.98. The maximum absolute atomic E-state index is 11.9. The third-order valence-electron chi connectivity index (χ3n) is 6.08. The van der Waals surface area contributed by atoms with E-state index < -0.39 is 19.7 Å². The van der Waals surface area contributed by atoms with Gasteiger partial charge >= 0.3 is 19.7 Å². The summed E-state index contributed by atoms with van der Waals surface area (Å²) in [5, 5.41) is 22.4. The van der Waals surface area contributed by atoms with Gasteiger partial charge in [0.05, 0.1) is 0 Å². The lowest BCUT2D eigenvalue weighted by Gasteiger charge is -2.18. The normalized spacial score (nSPS) is 17.6. The van der Waals surface area contributed by atoms with Crippen LogP contribution in [0.1, 0.15) is 115 Å². The zero-order chi connectivity index (χ0) is 25.9. The van der Waals surface area contributed by atoms with E-state index in [4.69, 9.17) is 15.1 Å². The lowest BCUT2D eigenvalue weighted by molar-refractivity contribution is -0.429. The van der Waals surface area contributed by atoms with E-state index in [1.165, 1.54) is 102 Å². The summed E-state index contributed by atoms with van der Waals surface area (Å²) in [5.74, 6) is -1.95. The maximum atomic E-state index is 11.9. The third kappa shape index (κ3) is 13.4. The van der Waals surface area contributed by atoms with Gasteiger partial charge in [-0.25, -0.2) is 4.57 Å². The Morgan fingerprint density at radius 3 is 1.72 bits per heavy atom. The highest BCUT2D eigenvalue weighted by Crippen LogP contribution is 2.54. The van der Waals surface area contributed by atoms with Gasteiger partial charge in [0.15, 0.2) is 5.75 Å². The van der Waals surface area contributed by atoms with Gasteiger partial charge in [0.25, 0.3) is 0 Å². The number of hydrogen-bond donors (Lipinski definition) is 2. The molecule has 0 saturated carbocycles. The number of phosphoric acid groups is 1. The topological polar surface area (TPSA) is 113 Å². The molecule has 0 spiro atoms. The summed E-state index contributed by atoms with van der Waals surface area (Å²) in [4.78, 5) is 8.92. The Labute approximate surface area is 215 Å². The summed E-state index contributed by atoms with van der Waals surface area (Å²) in [6.07, 6.45) is 22.7. The molecule has 1 aromatic rings. The summed E-state index contributed by atoms with van der Waals surface area (Å²) in [6, 6.07) is 7.19. The smallest absolute Gasteiger partial charge is 0.475 e. The zero-order valence-corrected chi connectivity index (χ0v) is 22.4. The van der Waals surface area contributed by atoms with E-state index in [2.05, 4.69) is 30.7 Å². The van der Waals surface area contributed by atoms with E-state index in [-0.39, 0.29) is 0 Å². The second kappa shape index (κ2) is 18.3. The molecule has 36 heavy (non-hydrogen) atoms. The molecular weight excluding hydrogens is 487 g/mol. The molecule has 206 valence electrons. The number of aliphatic hydroxyl groups excluding tert-OH is 2. The molecule has 2 N–H and O–H groups in total. The Morgan fingerprint density at radius 1 is 0.722 bits per heavy atom. The molecule has 2 rings (SSSR count). The van der Waals surface area contributed by atoms with Crippen LogP contribution in [0.4, 0.5) is 0 Å². The molecule has 0 amide bonds. The van der Waals surface area contributed by atoms with E-state index in [1.54, 1.807) is 12.1 Å². The van der Waals surface area contributed by atoms with E-state index in [0.29, 0.717) is 5.75 Å². The standard InChI is InChI=1S/C26H43O9P/c1-2-3-4-5-6-7-8-9-10-11-12-13-14-15-16-17-18-23-19-21-24(22-20-23)30-33-35-36(29)32-26(28)25(27)31-34-36/h19-22,27-28H,2-18H2,1H3. The molecule has 1 atom stereocenters. The molecular formula is C26H43O9P. The average Bonchev–Trinajstić information content (AvgIpc) is 2.87. The monoisotopic (exact) mass is 530 g/mol. The van der Waals surface area contributed by atoms with Crippen molar-refractivity contribution in [2.75, 3.05) is 0 Å². The molecule has 10 heteroatoms. The quantitative estimate of drug-likeness (QED) is 0.0695. The van der Waals surface area contributed by atoms with Gasteiger partial charge in [0.1, 0.15) is 0 Å². The minimum Gasteiger partial charge on any atom is -0.475 e. The van der Waals surface area contributed by atoms with Gasteiger partial charge in [-0.3, -0.25) is 4.89 Å². The first-order valence-electron chi connectivity index (χ1n) is 13.4. The maximum Gasteiger partial charge on any atom is 0.600 e. The fourth-order valence-corrected chi connectivity index (χ4v) is 4.63. The molecule has 1 unspecified atom stereocenters. The lowest BCUT2D eigenvalue weighted by Crippen LogP contribution is -2.11. The number of aryl methyl sites for hydroxylation is 1. The number of aliphatic hydroxyl groups is 2. The highest BCUT2D eigenvalue weighted by molar-refractivity contribution is 7.48. The molecule has 0 radical (unpaired) electrons. The fraction of sp³-hybridized carbons (Fsp3) is 0.692. The predicted molar refractivity (Wildman–Crippen MR) is 136 cm³/mol. The molecule has 9 nitrogen and oxygen atoms in total. The van der Waals surface area contributed by atoms with Crippen molar-refractivity contribution in [3.8, 4) is 5.75 Å². The second-order valence-corrected chi connectivity index (χ2v) is 10.6. The van der Waals surface area contributed by atoms with Crippen LogP contribution in [0.3, 0.4) is 0 Å². The fourth-order valence-electron chi connectivity index (χ4n) is 3.99. The molecule has 0 aliphatic carbocycles. The van der Waals surface area contributed by atoms with Gasteiger partial charge in [-0.05, 0) is 35.6 Å². The van der Waals surface area contributed by atoms with Crippen LogP contribution in [-0.4, -0.2) is 10.2 Å². The molecule has 0 saturated heterocycles. The van der Waals surface area contributed by atoms with Crippen LogP contribution in [0.25, 0.3) is 0 Å². The summed E-state index contributed by atoms with van der Waals surface area (Å²) < 4.78 is 24.7. The first-order valence-corrected chi connectivity index (χ1v) is 14.9. The Bertz CT molecular complexity index is 782. The van der Waals surface area contributed by atoms with Crippen molar-refractivity contribution in [2.45, 2.75) is 116 Å². The summed E-state index contributed by atoms with van der Waals surface area (Å²) in [5.41, 5.74) is 1.18. The van der Waals surface area contributed by atoms with Gasteiger partial charge in [0, 0.05) is 0 Å². The summed E-state index contributed by atoms with van der Waals surface area (Å²) in [6.45, 7) is 2.27. The van der Waals surface area contributed by atoms with Crippen LogP contribution in [0.5, 0.6) is 5.75 Å².